The summed E-state index contributed by atoms with van der Waals surface area (Å²) in [5.74, 6) is 0. The second kappa shape index (κ2) is 6.61. The van der Waals surface area contributed by atoms with Crippen molar-refractivity contribution in [3.63, 3.8) is 0 Å². The van der Waals surface area contributed by atoms with Gasteiger partial charge < -0.3 is 5.32 Å². The largest absolute Gasteiger partial charge is 0.312 e. The van der Waals surface area contributed by atoms with Crippen molar-refractivity contribution in [3.05, 3.63) is 0 Å². The first kappa shape index (κ1) is 14.0. The molecule has 1 rings (SSSR count). The number of nitrogens with zero attached hydrogens (tertiary/aromatic N) is 1. The van der Waals surface area contributed by atoms with Gasteiger partial charge in [-0.2, -0.15) is 0 Å². The summed E-state index contributed by atoms with van der Waals surface area (Å²) in [6.07, 6.45) is 6.54. The van der Waals surface area contributed by atoms with Crippen molar-refractivity contribution in [1.29, 1.82) is 0 Å². The Bertz CT molecular complexity index is 181. The molecule has 1 atom stereocenters. The fourth-order valence-electron chi connectivity index (χ4n) is 3.30. The molecule has 0 amide bonds. The fourth-order valence-corrected chi connectivity index (χ4v) is 3.30. The van der Waals surface area contributed by atoms with Gasteiger partial charge in [-0.3, -0.25) is 4.90 Å². The average Bonchev–Trinajstić information content (AvgIpc) is 2.83. The minimum atomic E-state index is 0.395. The van der Waals surface area contributed by atoms with E-state index in [1.807, 2.05) is 0 Å². The van der Waals surface area contributed by atoms with Crippen molar-refractivity contribution >= 4 is 0 Å². The van der Waals surface area contributed by atoms with Gasteiger partial charge in [0.05, 0.1) is 0 Å². The van der Waals surface area contributed by atoms with Crippen LogP contribution in [0.3, 0.4) is 0 Å². The highest BCUT2D eigenvalue weighted by molar-refractivity contribution is 4.98. The van der Waals surface area contributed by atoms with Crippen LogP contribution in [-0.4, -0.2) is 36.1 Å². The molecule has 1 aliphatic heterocycles. The first-order valence-electron chi connectivity index (χ1n) is 7.19. The molecular weight excluding hydrogens is 196 g/mol. The van der Waals surface area contributed by atoms with E-state index in [2.05, 4.69) is 37.9 Å². The van der Waals surface area contributed by atoms with Crippen molar-refractivity contribution < 1.29 is 0 Å². The molecule has 1 unspecified atom stereocenters. The molecule has 0 aromatic rings. The minimum Gasteiger partial charge on any atom is -0.312 e. The lowest BCUT2D eigenvalue weighted by atomic mass is 9.83. The summed E-state index contributed by atoms with van der Waals surface area (Å²) in [6, 6.07) is 0.612. The van der Waals surface area contributed by atoms with E-state index in [4.69, 9.17) is 0 Å². The lowest BCUT2D eigenvalue weighted by molar-refractivity contribution is 0.0689. The predicted molar refractivity (Wildman–Crippen MR) is 71.9 cm³/mol. The molecule has 1 N–H and O–H groups in total. The smallest absolute Gasteiger partial charge is 0.0354 e. The van der Waals surface area contributed by atoms with E-state index in [-0.39, 0.29) is 0 Å². The highest BCUT2D eigenvalue weighted by Crippen LogP contribution is 2.31. The fraction of sp³-hybridized carbons (Fsp3) is 1.00. The Balaban J connectivity index is 2.68. The Labute approximate surface area is 102 Å². The zero-order valence-corrected chi connectivity index (χ0v) is 11.7. The second-order valence-corrected chi connectivity index (χ2v) is 5.18. The Morgan fingerprint density at radius 1 is 1.12 bits per heavy atom. The molecule has 0 spiro atoms. The van der Waals surface area contributed by atoms with Gasteiger partial charge in [0.2, 0.25) is 0 Å². The van der Waals surface area contributed by atoms with Crippen molar-refractivity contribution in [3.8, 4) is 0 Å². The Hall–Kier alpha value is -0.0800. The highest BCUT2D eigenvalue weighted by atomic mass is 15.2. The van der Waals surface area contributed by atoms with Crippen molar-refractivity contribution in [2.45, 2.75) is 71.4 Å². The molecule has 1 fully saturated rings. The van der Waals surface area contributed by atoms with E-state index in [1.54, 1.807) is 0 Å². The predicted octanol–water partition coefficient (Wildman–Crippen LogP) is 3.03. The van der Waals surface area contributed by atoms with Crippen LogP contribution in [0.5, 0.6) is 0 Å². The van der Waals surface area contributed by atoms with E-state index in [0.717, 1.165) is 6.54 Å². The van der Waals surface area contributed by atoms with E-state index >= 15 is 0 Å². The lowest BCUT2D eigenvalue weighted by Crippen LogP contribution is -2.59. The zero-order chi connectivity index (χ0) is 12.0. The lowest BCUT2D eigenvalue weighted by Gasteiger charge is -2.46. The second-order valence-electron chi connectivity index (χ2n) is 5.18. The maximum Gasteiger partial charge on any atom is 0.0354 e. The van der Waals surface area contributed by atoms with Gasteiger partial charge >= 0.3 is 0 Å². The maximum atomic E-state index is 3.71. The number of likely N-dealkylation sites (tertiary alicyclic amines) is 1. The van der Waals surface area contributed by atoms with E-state index < -0.39 is 0 Å². The van der Waals surface area contributed by atoms with Gasteiger partial charge in [-0.25, -0.2) is 0 Å². The monoisotopic (exact) mass is 226 g/mol. The Morgan fingerprint density at radius 2 is 1.69 bits per heavy atom. The van der Waals surface area contributed by atoms with Crippen LogP contribution >= 0.6 is 0 Å². The molecule has 1 saturated heterocycles. The maximum absolute atomic E-state index is 3.71. The Kier molecular flexibility index (Phi) is 5.77. The van der Waals surface area contributed by atoms with Crippen LogP contribution in [0.15, 0.2) is 0 Å². The number of nitrogens with one attached hydrogen (secondary N) is 1. The summed E-state index contributed by atoms with van der Waals surface area (Å²) < 4.78 is 0. The molecule has 1 aliphatic rings. The molecule has 0 aliphatic carbocycles. The number of hydrogen-bond acceptors (Lipinski definition) is 2. The van der Waals surface area contributed by atoms with Crippen molar-refractivity contribution in [1.82, 2.24) is 10.2 Å². The van der Waals surface area contributed by atoms with Crippen molar-refractivity contribution in [2.24, 2.45) is 0 Å². The SMILES string of the molecule is CCCNC(C)C(CC)(CC)N1CCCC1. The first-order chi connectivity index (χ1) is 7.71. The van der Waals surface area contributed by atoms with E-state index in [9.17, 15) is 0 Å². The molecule has 0 saturated carbocycles. The normalized spacial score (nSPS) is 20.2. The van der Waals surface area contributed by atoms with Crippen LogP contribution in [-0.2, 0) is 0 Å². The summed E-state index contributed by atoms with van der Waals surface area (Å²) >= 11 is 0. The summed E-state index contributed by atoms with van der Waals surface area (Å²) in [6.45, 7) is 13.1. The molecular formula is C14H30N2. The topological polar surface area (TPSA) is 15.3 Å². The van der Waals surface area contributed by atoms with Gasteiger partial charge in [-0.05, 0) is 58.7 Å². The molecule has 2 heteroatoms. The first-order valence-corrected chi connectivity index (χ1v) is 7.19. The summed E-state index contributed by atoms with van der Waals surface area (Å²) in [5.41, 5.74) is 0.395. The van der Waals surface area contributed by atoms with Gasteiger partial charge in [0.1, 0.15) is 0 Å². The third-order valence-corrected chi connectivity index (χ3v) is 4.47. The van der Waals surface area contributed by atoms with Crippen LogP contribution in [0, 0.1) is 0 Å². The summed E-state index contributed by atoms with van der Waals surface area (Å²) in [5, 5.41) is 3.71. The van der Waals surface area contributed by atoms with Gasteiger partial charge in [0, 0.05) is 11.6 Å². The van der Waals surface area contributed by atoms with Crippen LogP contribution in [0.2, 0.25) is 0 Å². The third-order valence-electron chi connectivity index (χ3n) is 4.47. The number of rotatable bonds is 7. The van der Waals surface area contributed by atoms with Crippen LogP contribution in [0.25, 0.3) is 0 Å². The molecule has 0 aromatic heterocycles. The highest BCUT2D eigenvalue weighted by Gasteiger charge is 2.39. The van der Waals surface area contributed by atoms with Gasteiger partial charge in [-0.15, -0.1) is 0 Å². The zero-order valence-electron chi connectivity index (χ0n) is 11.7. The Morgan fingerprint density at radius 3 is 2.12 bits per heavy atom. The molecule has 16 heavy (non-hydrogen) atoms. The molecule has 0 bridgehead atoms. The standard InChI is InChI=1S/C14H30N2/c1-5-10-15-13(4)14(6-2,7-3)16-11-8-9-12-16/h13,15H,5-12H2,1-4H3. The van der Waals surface area contributed by atoms with E-state index in [1.165, 1.54) is 45.2 Å². The minimum absolute atomic E-state index is 0.395. The summed E-state index contributed by atoms with van der Waals surface area (Å²) in [7, 11) is 0. The molecule has 0 aromatic carbocycles. The third kappa shape index (κ3) is 2.78. The summed E-state index contributed by atoms with van der Waals surface area (Å²) in [4.78, 5) is 2.74. The molecule has 2 nitrogen and oxygen atoms in total. The van der Waals surface area contributed by atoms with Crippen LogP contribution in [0.4, 0.5) is 0 Å². The number of hydrogen-bond donors (Lipinski definition) is 1. The van der Waals surface area contributed by atoms with Gasteiger partial charge in [0.25, 0.3) is 0 Å². The van der Waals surface area contributed by atoms with Gasteiger partial charge in [-0.1, -0.05) is 20.8 Å². The van der Waals surface area contributed by atoms with Crippen molar-refractivity contribution in [2.75, 3.05) is 19.6 Å². The molecule has 1 heterocycles. The van der Waals surface area contributed by atoms with Crippen LogP contribution in [0.1, 0.15) is 59.8 Å². The average molecular weight is 226 g/mol. The van der Waals surface area contributed by atoms with Gasteiger partial charge in [0.15, 0.2) is 0 Å². The quantitative estimate of drug-likeness (QED) is 0.718. The molecule has 0 radical (unpaired) electrons. The molecule has 96 valence electrons. The van der Waals surface area contributed by atoms with Crippen LogP contribution < -0.4 is 5.32 Å². The van der Waals surface area contributed by atoms with E-state index in [0.29, 0.717) is 11.6 Å².